The fourth-order valence-corrected chi connectivity index (χ4v) is 2.07. The molecule has 0 aromatic carbocycles. The van der Waals surface area contributed by atoms with E-state index in [2.05, 4.69) is 10.6 Å². The Kier molecular flexibility index (Phi) is 7.22. The van der Waals surface area contributed by atoms with E-state index in [9.17, 15) is 19.9 Å². The molecule has 1 heterocycles. The standard InChI is InChI=1S/C10H18ClN3O7/c1-20-9-6(8(17)7(16)5(4-15)21-9)12-10(18)14(13-19)3-2-11/h5-9,15-17H,2-4H2,1H3,(H,12,18)/t5-,6+,7-,8-,9+/m1/s1. The van der Waals surface area contributed by atoms with Gasteiger partial charge in [-0.1, -0.05) is 0 Å². The number of methoxy groups -OCH3 is 1. The number of carbonyl (C=O) groups excluding carboxylic acids is 1. The second-order valence-corrected chi connectivity index (χ2v) is 4.69. The summed E-state index contributed by atoms with van der Waals surface area (Å²) >= 11 is 5.42. The molecule has 2 amide bonds. The molecule has 0 radical (unpaired) electrons. The predicted octanol–water partition coefficient (Wildman–Crippen LogP) is -1.63. The number of aliphatic hydroxyl groups is 3. The minimum atomic E-state index is -1.46. The molecule has 122 valence electrons. The first-order valence-corrected chi connectivity index (χ1v) is 6.66. The van der Waals surface area contributed by atoms with Crippen LogP contribution in [0.4, 0.5) is 4.79 Å². The Labute approximate surface area is 125 Å². The number of halogens is 1. The van der Waals surface area contributed by atoms with Crippen molar-refractivity contribution in [2.45, 2.75) is 30.6 Å². The molecule has 1 aliphatic heterocycles. The molecule has 0 unspecified atom stereocenters. The minimum Gasteiger partial charge on any atom is -0.394 e. The summed E-state index contributed by atoms with van der Waals surface area (Å²) in [4.78, 5) is 22.3. The van der Waals surface area contributed by atoms with Crippen molar-refractivity contribution in [2.75, 3.05) is 26.1 Å². The molecular formula is C10H18ClN3O7. The zero-order valence-corrected chi connectivity index (χ0v) is 12.0. The van der Waals surface area contributed by atoms with Gasteiger partial charge in [0.1, 0.15) is 24.4 Å². The van der Waals surface area contributed by atoms with Crippen LogP contribution < -0.4 is 5.32 Å². The highest BCUT2D eigenvalue weighted by Crippen LogP contribution is 2.21. The number of nitroso groups, excluding NO2 is 1. The van der Waals surface area contributed by atoms with Crippen molar-refractivity contribution in [2.24, 2.45) is 5.29 Å². The number of hydrogen-bond acceptors (Lipinski definition) is 8. The molecule has 11 heteroatoms. The second-order valence-electron chi connectivity index (χ2n) is 4.31. The highest BCUT2D eigenvalue weighted by molar-refractivity contribution is 6.18. The maximum absolute atomic E-state index is 11.8. The Balaban J connectivity index is 2.79. The molecule has 1 fully saturated rings. The smallest absolute Gasteiger partial charge is 0.340 e. The third kappa shape index (κ3) is 4.22. The van der Waals surface area contributed by atoms with Crippen LogP contribution >= 0.6 is 11.6 Å². The van der Waals surface area contributed by atoms with Gasteiger partial charge in [-0.3, -0.25) is 0 Å². The number of alkyl halides is 1. The maximum atomic E-state index is 11.8. The molecule has 0 bridgehead atoms. The SMILES string of the molecule is CO[C@H]1O[C@H](CO)[C@@H](O)[C@H](O)[C@@H]1NC(=O)N(CCCl)N=O. The molecule has 0 aliphatic carbocycles. The van der Waals surface area contributed by atoms with Gasteiger partial charge < -0.3 is 30.1 Å². The predicted molar refractivity (Wildman–Crippen MR) is 70.3 cm³/mol. The van der Waals surface area contributed by atoms with E-state index in [0.29, 0.717) is 5.01 Å². The number of nitrogens with zero attached hydrogens (tertiary/aromatic N) is 2. The molecule has 0 saturated carbocycles. The molecule has 21 heavy (non-hydrogen) atoms. The van der Waals surface area contributed by atoms with Crippen LogP contribution in [0.15, 0.2) is 5.29 Å². The zero-order valence-electron chi connectivity index (χ0n) is 11.3. The van der Waals surface area contributed by atoms with E-state index in [1.54, 1.807) is 0 Å². The van der Waals surface area contributed by atoms with Crippen molar-refractivity contribution in [1.29, 1.82) is 0 Å². The van der Waals surface area contributed by atoms with Gasteiger partial charge in [0.2, 0.25) is 0 Å². The van der Waals surface area contributed by atoms with Crippen LogP contribution in [0.3, 0.4) is 0 Å². The zero-order chi connectivity index (χ0) is 16.0. The van der Waals surface area contributed by atoms with Gasteiger partial charge in [0.05, 0.1) is 18.4 Å². The maximum Gasteiger partial charge on any atom is 0.340 e. The van der Waals surface area contributed by atoms with Crippen molar-refractivity contribution < 1.29 is 29.6 Å². The normalized spacial score (nSPS) is 32.5. The van der Waals surface area contributed by atoms with E-state index in [-0.39, 0.29) is 12.4 Å². The fourth-order valence-electron chi connectivity index (χ4n) is 1.91. The number of rotatable bonds is 6. The van der Waals surface area contributed by atoms with Crippen molar-refractivity contribution in [3.05, 3.63) is 4.91 Å². The van der Waals surface area contributed by atoms with Gasteiger partial charge in [-0.2, -0.15) is 5.01 Å². The van der Waals surface area contributed by atoms with Crippen molar-refractivity contribution in [3.8, 4) is 0 Å². The Bertz CT molecular complexity index is 360. The quantitative estimate of drug-likeness (QED) is 0.261. The van der Waals surface area contributed by atoms with Crippen molar-refractivity contribution in [1.82, 2.24) is 10.3 Å². The van der Waals surface area contributed by atoms with Gasteiger partial charge in [0.25, 0.3) is 0 Å². The van der Waals surface area contributed by atoms with Crippen LogP contribution in [0.25, 0.3) is 0 Å². The molecule has 0 spiro atoms. The molecule has 1 aliphatic rings. The Hall–Kier alpha value is -1.04. The highest BCUT2D eigenvalue weighted by Gasteiger charge is 2.45. The number of ether oxygens (including phenoxy) is 2. The summed E-state index contributed by atoms with van der Waals surface area (Å²) in [5, 5.41) is 34.1. The van der Waals surface area contributed by atoms with Crippen LogP contribution in [-0.2, 0) is 9.47 Å². The summed E-state index contributed by atoms with van der Waals surface area (Å²) in [6.45, 7) is -0.660. The molecule has 0 aromatic heterocycles. The van der Waals surface area contributed by atoms with Crippen molar-refractivity contribution >= 4 is 17.6 Å². The van der Waals surface area contributed by atoms with Crippen LogP contribution in [0.5, 0.6) is 0 Å². The van der Waals surface area contributed by atoms with Gasteiger partial charge in [0.15, 0.2) is 6.29 Å². The van der Waals surface area contributed by atoms with Crippen LogP contribution in [0, 0.1) is 4.91 Å². The summed E-state index contributed by atoms with van der Waals surface area (Å²) in [6.07, 6.45) is -5.07. The van der Waals surface area contributed by atoms with E-state index >= 15 is 0 Å². The van der Waals surface area contributed by atoms with E-state index < -0.39 is 43.3 Å². The van der Waals surface area contributed by atoms with Crippen LogP contribution in [-0.4, -0.2) is 83.1 Å². The summed E-state index contributed by atoms with van der Waals surface area (Å²) in [6, 6.07) is -2.07. The van der Waals surface area contributed by atoms with E-state index in [1.807, 2.05) is 0 Å². The number of aliphatic hydroxyl groups excluding tert-OH is 3. The lowest BCUT2D eigenvalue weighted by Gasteiger charge is -2.41. The number of nitrogens with one attached hydrogen (secondary N) is 1. The van der Waals surface area contributed by atoms with Gasteiger partial charge in [-0.15, -0.1) is 16.5 Å². The first kappa shape index (κ1) is 18.0. The average molecular weight is 328 g/mol. The third-order valence-corrected chi connectivity index (χ3v) is 3.20. The van der Waals surface area contributed by atoms with E-state index in [1.165, 1.54) is 7.11 Å². The minimum absolute atomic E-state index is 0.00814. The third-order valence-electron chi connectivity index (χ3n) is 3.03. The summed E-state index contributed by atoms with van der Waals surface area (Å²) < 4.78 is 10.2. The number of urea groups is 1. The topological polar surface area (TPSA) is 141 Å². The second kappa shape index (κ2) is 8.41. The van der Waals surface area contributed by atoms with E-state index in [0.717, 1.165) is 0 Å². The van der Waals surface area contributed by atoms with Gasteiger partial charge in [0, 0.05) is 13.0 Å². The lowest BCUT2D eigenvalue weighted by molar-refractivity contribution is -0.261. The first-order chi connectivity index (χ1) is 9.99. The highest BCUT2D eigenvalue weighted by atomic mass is 35.5. The largest absolute Gasteiger partial charge is 0.394 e. The van der Waals surface area contributed by atoms with Crippen LogP contribution in [0.1, 0.15) is 0 Å². The molecule has 0 aromatic rings. The van der Waals surface area contributed by atoms with Gasteiger partial charge >= 0.3 is 6.03 Å². The van der Waals surface area contributed by atoms with Gasteiger partial charge in [-0.25, -0.2) is 4.79 Å². The Morgan fingerprint density at radius 1 is 1.48 bits per heavy atom. The number of carbonyl (C=O) groups is 1. The molecule has 4 N–H and O–H groups in total. The molecule has 1 rings (SSSR count). The lowest BCUT2D eigenvalue weighted by atomic mass is 9.97. The van der Waals surface area contributed by atoms with Crippen molar-refractivity contribution in [3.63, 3.8) is 0 Å². The Morgan fingerprint density at radius 3 is 2.62 bits per heavy atom. The molecule has 10 nitrogen and oxygen atoms in total. The number of hydrogen-bond donors (Lipinski definition) is 4. The molecular weight excluding hydrogens is 310 g/mol. The average Bonchev–Trinajstić information content (AvgIpc) is 2.49. The van der Waals surface area contributed by atoms with E-state index in [4.69, 9.17) is 26.2 Å². The fraction of sp³-hybridized carbons (Fsp3) is 0.900. The van der Waals surface area contributed by atoms with Crippen LogP contribution in [0.2, 0.25) is 0 Å². The Morgan fingerprint density at radius 2 is 2.14 bits per heavy atom. The molecule has 1 saturated heterocycles. The lowest BCUT2D eigenvalue weighted by Crippen LogP contribution is -2.65. The summed E-state index contributed by atoms with van der Waals surface area (Å²) in [7, 11) is 1.26. The molecule has 5 atom stereocenters. The van der Waals surface area contributed by atoms with Gasteiger partial charge in [-0.05, 0) is 0 Å². The summed E-state index contributed by atoms with van der Waals surface area (Å²) in [5.74, 6) is -0.00814. The monoisotopic (exact) mass is 327 g/mol. The number of amides is 2. The first-order valence-electron chi connectivity index (χ1n) is 6.12. The summed E-state index contributed by atoms with van der Waals surface area (Å²) in [5.41, 5.74) is 0.